The highest BCUT2D eigenvalue weighted by molar-refractivity contribution is 9.10. The lowest BCUT2D eigenvalue weighted by molar-refractivity contribution is 0.680. The predicted octanol–water partition coefficient (Wildman–Crippen LogP) is 4.92. The first kappa shape index (κ1) is 15.9. The van der Waals surface area contributed by atoms with Crippen LogP contribution in [0.4, 0.5) is 0 Å². The van der Waals surface area contributed by atoms with Gasteiger partial charge in [-0.2, -0.15) is 0 Å². The van der Waals surface area contributed by atoms with E-state index < -0.39 is 0 Å². The summed E-state index contributed by atoms with van der Waals surface area (Å²) >= 11 is 3.53. The lowest BCUT2D eigenvalue weighted by Crippen LogP contribution is -2.18. The molecule has 0 radical (unpaired) electrons. The molecule has 2 aliphatic carbocycles. The van der Waals surface area contributed by atoms with Gasteiger partial charge in [0, 0.05) is 27.1 Å². The average molecular weight is 383 g/mol. The summed E-state index contributed by atoms with van der Waals surface area (Å²) < 4.78 is 1.18. The highest BCUT2D eigenvalue weighted by Crippen LogP contribution is 2.30. The minimum atomic E-state index is 0.373. The van der Waals surface area contributed by atoms with Crippen molar-refractivity contribution in [3.63, 3.8) is 0 Å². The third-order valence-corrected chi connectivity index (χ3v) is 5.64. The van der Waals surface area contributed by atoms with Crippen LogP contribution < -0.4 is 5.73 Å². The van der Waals surface area contributed by atoms with Crippen LogP contribution in [0, 0.1) is 0 Å². The van der Waals surface area contributed by atoms with Gasteiger partial charge in [-0.25, -0.2) is 0 Å². The molecule has 0 aliphatic heterocycles. The molecule has 5 rings (SSSR count). The minimum Gasteiger partial charge on any atom is -0.358 e. The van der Waals surface area contributed by atoms with Gasteiger partial charge in [-0.1, -0.05) is 40.2 Å². The Labute approximate surface area is 151 Å². The molecule has 0 amide bonds. The molecular weight excluding hydrogens is 360 g/mol. The van der Waals surface area contributed by atoms with E-state index in [0.717, 1.165) is 12.8 Å². The quantitative estimate of drug-likeness (QED) is 0.568. The molecule has 3 aromatic rings. The highest BCUT2D eigenvalue weighted by atomic mass is 79.9. The van der Waals surface area contributed by atoms with E-state index >= 15 is 0 Å². The third-order valence-electron chi connectivity index (χ3n) is 5.14. The first-order valence-corrected chi connectivity index (χ1v) is 9.61. The van der Waals surface area contributed by atoms with Crippen molar-refractivity contribution < 1.29 is 0 Å². The van der Waals surface area contributed by atoms with Gasteiger partial charge < -0.3 is 10.7 Å². The molecule has 1 heterocycles. The Morgan fingerprint density at radius 2 is 1.67 bits per heavy atom. The summed E-state index contributed by atoms with van der Waals surface area (Å²) in [5.74, 6) is 0. The Bertz CT molecular complexity index is 840. The number of aromatic nitrogens is 1. The fourth-order valence-corrected chi connectivity index (χ4v) is 4.33. The van der Waals surface area contributed by atoms with Crippen LogP contribution in [0.15, 0.2) is 46.9 Å². The zero-order valence-electron chi connectivity index (χ0n) is 13.8. The van der Waals surface area contributed by atoms with Crippen LogP contribution in [0.25, 0.3) is 10.9 Å². The topological polar surface area (TPSA) is 41.8 Å². The summed E-state index contributed by atoms with van der Waals surface area (Å²) in [4.78, 5) is 3.52. The molecule has 0 unspecified atom stereocenters. The van der Waals surface area contributed by atoms with Crippen molar-refractivity contribution >= 4 is 26.8 Å². The summed E-state index contributed by atoms with van der Waals surface area (Å²) in [5, 5.41) is 1.41. The number of aryl methyl sites for hydroxylation is 2. The Hall–Kier alpha value is -1.58. The van der Waals surface area contributed by atoms with Gasteiger partial charge in [0.2, 0.25) is 0 Å². The Morgan fingerprint density at radius 3 is 2.42 bits per heavy atom. The van der Waals surface area contributed by atoms with Crippen LogP contribution in [0.2, 0.25) is 0 Å². The van der Waals surface area contributed by atoms with E-state index in [1.807, 2.05) is 0 Å². The number of nitrogens with two attached hydrogens (primary N) is 1. The zero-order valence-corrected chi connectivity index (χ0v) is 15.4. The van der Waals surface area contributed by atoms with E-state index in [0.29, 0.717) is 6.04 Å². The largest absolute Gasteiger partial charge is 0.358 e. The van der Waals surface area contributed by atoms with Crippen molar-refractivity contribution in [2.75, 3.05) is 0 Å². The maximum absolute atomic E-state index is 5.78. The Morgan fingerprint density at radius 1 is 0.958 bits per heavy atom. The predicted molar refractivity (Wildman–Crippen MR) is 104 cm³/mol. The smallest absolute Gasteiger partial charge is 0.0459 e. The van der Waals surface area contributed by atoms with Crippen LogP contribution in [0.5, 0.6) is 0 Å². The van der Waals surface area contributed by atoms with E-state index in [4.69, 9.17) is 5.73 Å². The Kier molecular flexibility index (Phi) is 4.47. The molecule has 1 aromatic heterocycles. The van der Waals surface area contributed by atoms with Crippen molar-refractivity contribution in [2.45, 2.75) is 44.6 Å². The number of benzene rings is 2. The number of halogens is 1. The molecular formula is C21H23BrN2. The molecule has 0 spiro atoms. The molecule has 0 saturated heterocycles. The fraction of sp³-hybridized carbons (Fsp3) is 0.333. The van der Waals surface area contributed by atoms with Gasteiger partial charge in [0.05, 0.1) is 0 Å². The lowest BCUT2D eigenvalue weighted by atomic mass is 9.96. The molecule has 3 heteroatoms. The molecule has 0 saturated carbocycles. The van der Waals surface area contributed by atoms with Gasteiger partial charge in [-0.3, -0.25) is 0 Å². The number of rotatable bonds is 0. The second-order valence-electron chi connectivity index (χ2n) is 6.92. The monoisotopic (exact) mass is 382 g/mol. The first-order chi connectivity index (χ1) is 11.7. The normalized spacial score (nSPS) is 16.4. The van der Waals surface area contributed by atoms with Crippen molar-refractivity contribution in [2.24, 2.45) is 5.73 Å². The summed E-state index contributed by atoms with van der Waals surface area (Å²) in [6.07, 6.45) is 7.27. The summed E-state index contributed by atoms with van der Waals surface area (Å²) in [6, 6.07) is 15.4. The van der Waals surface area contributed by atoms with Crippen molar-refractivity contribution in [3.05, 3.63) is 69.3 Å². The van der Waals surface area contributed by atoms with E-state index in [1.165, 1.54) is 57.9 Å². The maximum atomic E-state index is 5.78. The molecule has 2 aromatic carbocycles. The van der Waals surface area contributed by atoms with Crippen molar-refractivity contribution in [1.29, 1.82) is 0 Å². The van der Waals surface area contributed by atoms with E-state index in [-0.39, 0.29) is 0 Å². The van der Waals surface area contributed by atoms with Gasteiger partial charge in [0.1, 0.15) is 0 Å². The molecule has 124 valence electrons. The number of nitrogens with one attached hydrogen (secondary N) is 1. The summed E-state index contributed by atoms with van der Waals surface area (Å²) in [7, 11) is 0. The maximum Gasteiger partial charge on any atom is 0.0459 e. The van der Waals surface area contributed by atoms with Crippen molar-refractivity contribution in [1.82, 2.24) is 4.98 Å². The molecule has 0 bridgehead atoms. The van der Waals surface area contributed by atoms with Gasteiger partial charge in [-0.15, -0.1) is 0 Å². The van der Waals surface area contributed by atoms with Crippen LogP contribution in [-0.4, -0.2) is 11.0 Å². The third kappa shape index (κ3) is 3.15. The number of aromatic amines is 1. The van der Waals surface area contributed by atoms with Crippen LogP contribution >= 0.6 is 15.9 Å². The zero-order chi connectivity index (χ0) is 16.5. The second kappa shape index (κ2) is 6.73. The van der Waals surface area contributed by atoms with Crippen LogP contribution in [0.1, 0.15) is 35.2 Å². The number of H-pyrrole nitrogens is 1. The van der Waals surface area contributed by atoms with E-state index in [2.05, 4.69) is 63.4 Å². The number of hydrogen-bond donors (Lipinski definition) is 2. The highest BCUT2D eigenvalue weighted by Gasteiger charge is 2.16. The summed E-state index contributed by atoms with van der Waals surface area (Å²) in [5.41, 5.74) is 13.0. The van der Waals surface area contributed by atoms with Gasteiger partial charge in [0.25, 0.3) is 0 Å². The Balaban J connectivity index is 0.000000129. The molecule has 0 fully saturated rings. The summed E-state index contributed by atoms with van der Waals surface area (Å²) in [6.45, 7) is 0. The van der Waals surface area contributed by atoms with Crippen molar-refractivity contribution in [3.8, 4) is 0 Å². The van der Waals surface area contributed by atoms with Crippen LogP contribution in [-0.2, 0) is 25.7 Å². The molecule has 24 heavy (non-hydrogen) atoms. The minimum absolute atomic E-state index is 0.373. The first-order valence-electron chi connectivity index (χ1n) is 8.82. The second-order valence-corrected chi connectivity index (χ2v) is 7.83. The SMILES string of the molecule is Brc1ccc2[nH]c3c(c2c1)CCCC3.NC1Cc2ccccc2C1. The molecule has 0 atom stereocenters. The average Bonchev–Trinajstić information content (AvgIpc) is 3.14. The van der Waals surface area contributed by atoms with E-state index in [9.17, 15) is 0 Å². The van der Waals surface area contributed by atoms with Gasteiger partial charge in [0.15, 0.2) is 0 Å². The number of fused-ring (bicyclic) bond motifs is 4. The number of hydrogen-bond acceptors (Lipinski definition) is 1. The molecule has 2 aliphatic rings. The van der Waals surface area contributed by atoms with Gasteiger partial charge in [-0.05, 0) is 73.4 Å². The molecule has 3 N–H and O–H groups in total. The van der Waals surface area contributed by atoms with Crippen LogP contribution in [0.3, 0.4) is 0 Å². The lowest BCUT2D eigenvalue weighted by Gasteiger charge is -2.10. The van der Waals surface area contributed by atoms with Gasteiger partial charge >= 0.3 is 0 Å². The van der Waals surface area contributed by atoms with E-state index in [1.54, 1.807) is 5.56 Å². The molecule has 2 nitrogen and oxygen atoms in total. The fourth-order valence-electron chi connectivity index (χ4n) is 3.97. The standard InChI is InChI=1S/C12H12BrN.C9H11N/c13-8-5-6-12-10(7-8)9-3-1-2-4-11(9)14-12;10-9-5-7-3-1-2-4-8(7)6-9/h5-7,14H,1-4H2;1-4,9H,5-6,10H2.